The van der Waals surface area contributed by atoms with Crippen molar-refractivity contribution in [2.24, 2.45) is 22.6 Å². The highest BCUT2D eigenvalue weighted by Gasteiger charge is 2.35. The molecule has 4 aromatic rings. The summed E-state index contributed by atoms with van der Waals surface area (Å²) in [6.45, 7) is 2.28. The number of nitrogens with zero attached hydrogens (tertiary/aromatic N) is 1. The Bertz CT molecular complexity index is 1270. The zero-order valence-corrected chi connectivity index (χ0v) is 20.1. The number of nitrogens with two attached hydrogens (primary N) is 1. The maximum atomic E-state index is 6.87. The van der Waals surface area contributed by atoms with Crippen molar-refractivity contribution in [2.75, 3.05) is 0 Å². The van der Waals surface area contributed by atoms with Gasteiger partial charge in [-0.1, -0.05) is 110 Å². The molecule has 170 valence electrons. The van der Waals surface area contributed by atoms with E-state index in [1.54, 1.807) is 0 Å². The lowest BCUT2D eigenvalue weighted by molar-refractivity contribution is 0.342. The minimum Gasteiger partial charge on any atom is -0.323 e. The Labute approximate surface area is 207 Å². The molecule has 2 nitrogen and oxygen atoms in total. The highest BCUT2D eigenvalue weighted by atomic mass is 35.5. The molecule has 1 aliphatic rings. The first-order valence-electron chi connectivity index (χ1n) is 11.9. The number of hydrogen-bond donors (Lipinski definition) is 1. The lowest BCUT2D eigenvalue weighted by Crippen LogP contribution is -2.35. The van der Waals surface area contributed by atoms with Gasteiger partial charge in [0.05, 0.1) is 6.04 Å². The predicted octanol–water partition coefficient (Wildman–Crippen LogP) is 7.89. The van der Waals surface area contributed by atoms with Crippen LogP contribution >= 0.6 is 11.6 Å². The van der Waals surface area contributed by atoms with Crippen LogP contribution in [0.2, 0.25) is 5.02 Å². The van der Waals surface area contributed by atoms with Gasteiger partial charge in [-0.3, -0.25) is 4.99 Å². The van der Waals surface area contributed by atoms with Gasteiger partial charge in [-0.25, -0.2) is 0 Å². The van der Waals surface area contributed by atoms with Crippen molar-refractivity contribution in [3.05, 3.63) is 131 Å². The molecule has 0 amide bonds. The molecule has 2 N–H and O–H groups in total. The summed E-state index contributed by atoms with van der Waals surface area (Å²) >= 11 is 6.61. The third-order valence-corrected chi connectivity index (χ3v) is 7.07. The van der Waals surface area contributed by atoms with Crippen LogP contribution in [0, 0.1) is 11.8 Å². The fourth-order valence-electron chi connectivity index (χ4n) is 5.12. The van der Waals surface area contributed by atoms with Crippen molar-refractivity contribution >= 4 is 17.3 Å². The highest BCUT2D eigenvalue weighted by molar-refractivity contribution is 6.31. The number of aliphatic imine (C=N–C) groups is 1. The number of rotatable bonds is 5. The van der Waals surface area contributed by atoms with E-state index in [1.807, 2.05) is 24.3 Å². The Morgan fingerprint density at radius 3 is 2.00 bits per heavy atom. The van der Waals surface area contributed by atoms with Gasteiger partial charge in [-0.15, -0.1) is 0 Å². The van der Waals surface area contributed by atoms with Gasteiger partial charge in [0.25, 0.3) is 0 Å². The first-order chi connectivity index (χ1) is 16.6. The molecule has 4 atom stereocenters. The summed E-state index contributed by atoms with van der Waals surface area (Å²) in [5.41, 5.74) is 13.7. The molecule has 3 heteroatoms. The molecule has 0 radical (unpaired) electrons. The minimum absolute atomic E-state index is 0.0237. The van der Waals surface area contributed by atoms with Crippen molar-refractivity contribution in [1.29, 1.82) is 0 Å². The van der Waals surface area contributed by atoms with Gasteiger partial charge >= 0.3 is 0 Å². The summed E-state index contributed by atoms with van der Waals surface area (Å²) in [4.78, 5) is 5.39. The van der Waals surface area contributed by atoms with Gasteiger partial charge in [0.2, 0.25) is 0 Å². The normalized spacial score (nSPS) is 21.0. The predicted molar refractivity (Wildman–Crippen MR) is 143 cm³/mol. The second kappa shape index (κ2) is 9.97. The lowest BCUT2D eigenvalue weighted by atomic mass is 9.75. The molecular weight excluding hydrogens is 436 g/mol. The summed E-state index contributed by atoms with van der Waals surface area (Å²) < 4.78 is 0. The Morgan fingerprint density at radius 2 is 1.35 bits per heavy atom. The van der Waals surface area contributed by atoms with Crippen molar-refractivity contribution < 1.29 is 0 Å². The van der Waals surface area contributed by atoms with Crippen LogP contribution in [0.5, 0.6) is 0 Å². The molecule has 0 saturated heterocycles. The molecule has 5 rings (SSSR count). The summed E-state index contributed by atoms with van der Waals surface area (Å²) in [6.07, 6.45) is 0.960. The molecule has 0 saturated carbocycles. The van der Waals surface area contributed by atoms with Crippen LogP contribution < -0.4 is 5.73 Å². The van der Waals surface area contributed by atoms with Crippen LogP contribution in [0.3, 0.4) is 0 Å². The quantitative estimate of drug-likeness (QED) is 0.320. The molecule has 34 heavy (non-hydrogen) atoms. The first kappa shape index (κ1) is 22.6. The van der Waals surface area contributed by atoms with Crippen molar-refractivity contribution in [1.82, 2.24) is 0 Å². The zero-order chi connectivity index (χ0) is 23.5. The Morgan fingerprint density at radius 1 is 0.765 bits per heavy atom. The molecule has 0 aliphatic carbocycles. The molecule has 0 bridgehead atoms. The van der Waals surface area contributed by atoms with E-state index in [0.717, 1.165) is 45.0 Å². The Hall–Kier alpha value is -3.20. The van der Waals surface area contributed by atoms with E-state index in [0.29, 0.717) is 5.92 Å². The van der Waals surface area contributed by atoms with E-state index in [2.05, 4.69) is 91.9 Å². The molecule has 1 aliphatic heterocycles. The second-order valence-electron chi connectivity index (χ2n) is 9.22. The van der Waals surface area contributed by atoms with Crippen LogP contribution in [-0.2, 0) is 0 Å². The van der Waals surface area contributed by atoms with Crippen molar-refractivity contribution in [3.8, 4) is 11.1 Å². The van der Waals surface area contributed by atoms with Gasteiger partial charge in [0.15, 0.2) is 0 Å². The van der Waals surface area contributed by atoms with Gasteiger partial charge in [0.1, 0.15) is 0 Å². The number of benzene rings is 4. The number of hydrogen-bond acceptors (Lipinski definition) is 2. The van der Waals surface area contributed by atoms with E-state index in [4.69, 9.17) is 22.3 Å². The molecule has 4 aromatic carbocycles. The van der Waals surface area contributed by atoms with Gasteiger partial charge in [-0.05, 0) is 58.4 Å². The fourth-order valence-corrected chi connectivity index (χ4v) is 5.36. The SMILES string of the molecule is C[C@@H]1C[C@H](C(N)c2ccccc2)C(c2ccccc2)=NC1c1cc(Cl)cc(-c2ccccc2)c1. The highest BCUT2D eigenvalue weighted by Crippen LogP contribution is 2.42. The van der Waals surface area contributed by atoms with Crippen LogP contribution in [-0.4, -0.2) is 5.71 Å². The third-order valence-electron chi connectivity index (χ3n) is 6.85. The number of halogens is 1. The average Bonchev–Trinajstić information content (AvgIpc) is 2.89. The van der Waals surface area contributed by atoms with Crippen LogP contribution in [0.1, 0.15) is 42.1 Å². The van der Waals surface area contributed by atoms with E-state index in [9.17, 15) is 0 Å². The molecule has 0 spiro atoms. The zero-order valence-electron chi connectivity index (χ0n) is 19.3. The Balaban J connectivity index is 1.59. The molecule has 1 heterocycles. The Kier molecular flexibility index (Phi) is 6.62. The first-order valence-corrected chi connectivity index (χ1v) is 12.3. The maximum Gasteiger partial charge on any atom is 0.0779 e. The van der Waals surface area contributed by atoms with Crippen molar-refractivity contribution in [3.63, 3.8) is 0 Å². The molecule has 0 aromatic heterocycles. The summed E-state index contributed by atoms with van der Waals surface area (Å²) in [5, 5.41) is 0.739. The maximum absolute atomic E-state index is 6.87. The molecular formula is C31H29ClN2. The van der Waals surface area contributed by atoms with Gasteiger partial charge < -0.3 is 5.73 Å². The van der Waals surface area contributed by atoms with Gasteiger partial charge in [-0.2, -0.15) is 0 Å². The minimum atomic E-state index is -0.109. The smallest absolute Gasteiger partial charge is 0.0779 e. The lowest BCUT2D eigenvalue weighted by Gasteiger charge is -2.36. The topological polar surface area (TPSA) is 38.4 Å². The second-order valence-corrected chi connectivity index (χ2v) is 9.66. The molecule has 0 fully saturated rings. The standard InChI is InChI=1S/C31H29ClN2/c1-21-17-28(29(33)23-13-7-3-8-14-23)31(24-15-9-4-10-16-24)34-30(21)26-18-25(19-27(32)20-26)22-11-5-2-6-12-22/h2-16,18-21,28-30H,17,33H2,1H3/t21-,28-,29?,30?/m1/s1. The molecule has 2 unspecified atom stereocenters. The van der Waals surface area contributed by atoms with E-state index < -0.39 is 0 Å². The van der Waals surface area contributed by atoms with E-state index in [1.165, 1.54) is 0 Å². The van der Waals surface area contributed by atoms with Crippen molar-refractivity contribution in [2.45, 2.75) is 25.4 Å². The van der Waals surface area contributed by atoms with Crippen LogP contribution in [0.15, 0.2) is 114 Å². The summed E-state index contributed by atoms with van der Waals surface area (Å²) in [7, 11) is 0. The summed E-state index contributed by atoms with van der Waals surface area (Å²) in [6, 6.07) is 37.5. The van der Waals surface area contributed by atoms with E-state index in [-0.39, 0.29) is 18.0 Å². The van der Waals surface area contributed by atoms with Gasteiger partial charge in [0, 0.05) is 22.7 Å². The van der Waals surface area contributed by atoms with Crippen LogP contribution in [0.25, 0.3) is 11.1 Å². The fraction of sp³-hybridized carbons (Fsp3) is 0.194. The summed E-state index contributed by atoms with van der Waals surface area (Å²) in [5.74, 6) is 0.471. The third kappa shape index (κ3) is 4.70. The largest absolute Gasteiger partial charge is 0.323 e. The van der Waals surface area contributed by atoms with E-state index >= 15 is 0 Å². The average molecular weight is 465 g/mol. The van der Waals surface area contributed by atoms with Crippen LogP contribution in [0.4, 0.5) is 0 Å². The monoisotopic (exact) mass is 464 g/mol.